The van der Waals surface area contributed by atoms with Gasteiger partial charge in [-0.05, 0) is 65.9 Å². The molecule has 0 aliphatic carbocycles. The second-order valence-electron chi connectivity index (χ2n) is 4.81. The summed E-state index contributed by atoms with van der Waals surface area (Å²) in [6, 6.07) is 8.86. The molecule has 2 aromatic rings. The van der Waals surface area contributed by atoms with Crippen LogP contribution in [0.15, 0.2) is 35.0 Å². The van der Waals surface area contributed by atoms with Gasteiger partial charge in [-0.1, -0.05) is 30.7 Å². The maximum atomic E-state index is 6.38. The van der Waals surface area contributed by atoms with Crippen molar-refractivity contribution in [2.24, 2.45) is 0 Å². The van der Waals surface area contributed by atoms with Crippen LogP contribution in [0.4, 0.5) is 0 Å². The number of thiophene rings is 1. The van der Waals surface area contributed by atoms with Crippen molar-refractivity contribution < 1.29 is 0 Å². The maximum absolute atomic E-state index is 6.38. The molecule has 0 fully saturated rings. The van der Waals surface area contributed by atoms with Crippen molar-refractivity contribution in [1.82, 2.24) is 5.32 Å². The fourth-order valence-electron chi connectivity index (χ4n) is 2.27. The highest BCUT2D eigenvalue weighted by atomic mass is 35.5. The molecule has 1 heterocycles. The van der Waals surface area contributed by atoms with Crippen LogP contribution in [-0.2, 0) is 6.42 Å². The molecule has 0 amide bonds. The van der Waals surface area contributed by atoms with Crippen molar-refractivity contribution in [3.05, 3.63) is 56.7 Å². The van der Waals surface area contributed by atoms with Gasteiger partial charge in [0.15, 0.2) is 0 Å². The van der Waals surface area contributed by atoms with E-state index < -0.39 is 0 Å². The number of aryl methyl sites for hydroxylation is 2. The molecule has 0 saturated heterocycles. The number of rotatable bonds is 6. The zero-order valence-electron chi connectivity index (χ0n) is 11.4. The summed E-state index contributed by atoms with van der Waals surface area (Å²) in [4.78, 5) is 0. The molecule has 0 aliphatic rings. The van der Waals surface area contributed by atoms with Crippen LogP contribution in [0, 0.1) is 6.92 Å². The van der Waals surface area contributed by atoms with Gasteiger partial charge in [0, 0.05) is 11.1 Å². The molecule has 19 heavy (non-hydrogen) atoms. The summed E-state index contributed by atoms with van der Waals surface area (Å²) in [6.45, 7) is 5.17. The van der Waals surface area contributed by atoms with Crippen LogP contribution in [0.25, 0.3) is 0 Å². The van der Waals surface area contributed by atoms with E-state index in [0.717, 1.165) is 24.4 Å². The molecule has 0 spiro atoms. The van der Waals surface area contributed by atoms with E-state index in [4.69, 9.17) is 11.6 Å². The predicted molar refractivity (Wildman–Crippen MR) is 85.2 cm³/mol. The molecular formula is C16H20ClNS. The van der Waals surface area contributed by atoms with Gasteiger partial charge in [0.05, 0.1) is 0 Å². The first-order valence-corrected chi connectivity index (χ1v) is 8.03. The predicted octanol–water partition coefficient (Wildman–Crippen LogP) is 4.99. The second kappa shape index (κ2) is 7.09. The minimum atomic E-state index is 0.331. The largest absolute Gasteiger partial charge is 0.310 e. The molecule has 0 radical (unpaired) electrons. The minimum absolute atomic E-state index is 0.331. The third-order valence-electron chi connectivity index (χ3n) is 3.28. The van der Waals surface area contributed by atoms with Gasteiger partial charge in [0.1, 0.15) is 0 Å². The Bertz CT molecular complexity index is 507. The van der Waals surface area contributed by atoms with E-state index in [1.54, 1.807) is 11.3 Å². The SMILES string of the molecule is CCNC(CCc1ccsc1)c1ccc(C)cc1Cl. The van der Waals surface area contributed by atoms with Crippen molar-refractivity contribution in [2.75, 3.05) is 6.54 Å². The lowest BCUT2D eigenvalue weighted by Crippen LogP contribution is -2.21. The standard InChI is InChI=1S/C16H20ClNS/c1-3-18-16(7-5-13-8-9-19-11-13)14-6-4-12(2)10-15(14)17/h4,6,8-11,16,18H,3,5,7H2,1-2H3. The Balaban J connectivity index is 2.10. The Kier molecular flexibility index (Phi) is 5.44. The van der Waals surface area contributed by atoms with Crippen LogP contribution in [-0.4, -0.2) is 6.54 Å². The van der Waals surface area contributed by atoms with E-state index in [9.17, 15) is 0 Å². The normalized spacial score (nSPS) is 12.6. The summed E-state index contributed by atoms with van der Waals surface area (Å²) in [7, 11) is 0. The lowest BCUT2D eigenvalue weighted by molar-refractivity contribution is 0.516. The van der Waals surface area contributed by atoms with Crippen LogP contribution in [0.1, 0.15) is 36.1 Å². The van der Waals surface area contributed by atoms with E-state index in [0.29, 0.717) is 6.04 Å². The molecule has 1 aromatic carbocycles. The van der Waals surface area contributed by atoms with Crippen molar-refractivity contribution in [3.63, 3.8) is 0 Å². The topological polar surface area (TPSA) is 12.0 Å². The van der Waals surface area contributed by atoms with E-state index in [1.807, 2.05) is 6.07 Å². The van der Waals surface area contributed by atoms with Crippen LogP contribution in [0.3, 0.4) is 0 Å². The molecule has 3 heteroatoms. The first-order chi connectivity index (χ1) is 9.20. The first kappa shape index (κ1) is 14.6. The van der Waals surface area contributed by atoms with Crippen LogP contribution in [0.5, 0.6) is 0 Å². The molecule has 1 unspecified atom stereocenters. The number of hydrogen-bond donors (Lipinski definition) is 1. The molecule has 1 nitrogen and oxygen atoms in total. The minimum Gasteiger partial charge on any atom is -0.310 e. The Hall–Kier alpha value is -0.830. The molecular weight excluding hydrogens is 274 g/mol. The van der Waals surface area contributed by atoms with E-state index >= 15 is 0 Å². The molecule has 0 aliphatic heterocycles. The third kappa shape index (κ3) is 4.07. The fraction of sp³-hybridized carbons (Fsp3) is 0.375. The number of nitrogens with one attached hydrogen (secondary N) is 1. The average molecular weight is 294 g/mol. The quantitative estimate of drug-likeness (QED) is 0.791. The van der Waals surface area contributed by atoms with Crippen LogP contribution in [0.2, 0.25) is 5.02 Å². The van der Waals surface area contributed by atoms with Gasteiger partial charge in [-0.2, -0.15) is 11.3 Å². The summed E-state index contributed by atoms with van der Waals surface area (Å²) in [5.41, 5.74) is 3.84. The van der Waals surface area contributed by atoms with E-state index in [1.165, 1.54) is 16.7 Å². The highest BCUT2D eigenvalue weighted by Gasteiger charge is 2.13. The molecule has 1 aromatic heterocycles. The molecule has 2 rings (SSSR count). The van der Waals surface area contributed by atoms with Crippen molar-refractivity contribution in [2.45, 2.75) is 32.7 Å². The average Bonchev–Trinajstić information content (AvgIpc) is 2.88. The molecule has 102 valence electrons. The van der Waals surface area contributed by atoms with Gasteiger partial charge in [-0.25, -0.2) is 0 Å². The Morgan fingerprint density at radius 3 is 2.79 bits per heavy atom. The second-order valence-corrected chi connectivity index (χ2v) is 5.99. The smallest absolute Gasteiger partial charge is 0.0456 e. The molecule has 1 N–H and O–H groups in total. The van der Waals surface area contributed by atoms with Crippen molar-refractivity contribution >= 4 is 22.9 Å². The van der Waals surface area contributed by atoms with Crippen LogP contribution < -0.4 is 5.32 Å². The maximum Gasteiger partial charge on any atom is 0.0456 e. The highest BCUT2D eigenvalue weighted by Crippen LogP contribution is 2.27. The number of benzene rings is 1. The van der Waals surface area contributed by atoms with Crippen molar-refractivity contribution in [3.8, 4) is 0 Å². The summed E-state index contributed by atoms with van der Waals surface area (Å²) in [6.07, 6.45) is 2.17. The summed E-state index contributed by atoms with van der Waals surface area (Å²) >= 11 is 8.14. The van der Waals surface area contributed by atoms with E-state index in [-0.39, 0.29) is 0 Å². The highest BCUT2D eigenvalue weighted by molar-refractivity contribution is 7.07. The fourth-order valence-corrected chi connectivity index (χ4v) is 3.34. The number of hydrogen-bond acceptors (Lipinski definition) is 2. The Morgan fingerprint density at radius 2 is 2.16 bits per heavy atom. The summed E-state index contributed by atoms with van der Waals surface area (Å²) < 4.78 is 0. The number of halogens is 1. The zero-order valence-corrected chi connectivity index (χ0v) is 13.0. The Labute approximate surface area is 124 Å². The monoisotopic (exact) mass is 293 g/mol. The zero-order chi connectivity index (χ0) is 13.7. The van der Waals surface area contributed by atoms with Gasteiger partial charge in [0.25, 0.3) is 0 Å². The first-order valence-electron chi connectivity index (χ1n) is 6.71. The third-order valence-corrected chi connectivity index (χ3v) is 4.34. The molecule has 1 atom stereocenters. The summed E-state index contributed by atoms with van der Waals surface area (Å²) in [5, 5.41) is 8.77. The van der Waals surface area contributed by atoms with E-state index in [2.05, 4.69) is 48.1 Å². The van der Waals surface area contributed by atoms with Gasteiger partial charge in [0.2, 0.25) is 0 Å². The lowest BCUT2D eigenvalue weighted by atomic mass is 9.99. The molecule has 0 saturated carbocycles. The van der Waals surface area contributed by atoms with Gasteiger partial charge in [-0.15, -0.1) is 0 Å². The van der Waals surface area contributed by atoms with Crippen LogP contribution >= 0.6 is 22.9 Å². The molecule has 0 bridgehead atoms. The van der Waals surface area contributed by atoms with Gasteiger partial charge >= 0.3 is 0 Å². The Morgan fingerprint density at radius 1 is 1.32 bits per heavy atom. The van der Waals surface area contributed by atoms with Gasteiger partial charge in [-0.3, -0.25) is 0 Å². The lowest BCUT2D eigenvalue weighted by Gasteiger charge is -2.19. The van der Waals surface area contributed by atoms with Gasteiger partial charge < -0.3 is 5.32 Å². The summed E-state index contributed by atoms with van der Waals surface area (Å²) in [5.74, 6) is 0. The van der Waals surface area contributed by atoms with Crippen molar-refractivity contribution in [1.29, 1.82) is 0 Å².